The van der Waals surface area contributed by atoms with E-state index in [0.29, 0.717) is 77.7 Å². The van der Waals surface area contributed by atoms with Gasteiger partial charge in [0.1, 0.15) is 0 Å². The molecule has 4 N–H and O–H groups in total. The third-order valence-corrected chi connectivity index (χ3v) is 11.4. The molecule has 18 nitrogen and oxygen atoms in total. The number of nitrogens with zero attached hydrogens (tertiary/aromatic N) is 2. The van der Waals surface area contributed by atoms with Crippen molar-refractivity contribution in [1.29, 1.82) is 0 Å². The van der Waals surface area contributed by atoms with Crippen LogP contribution in [0.2, 0.25) is 12.1 Å². The summed E-state index contributed by atoms with van der Waals surface area (Å²) in [5.41, 5.74) is 4.30. The van der Waals surface area contributed by atoms with Crippen LogP contribution in [-0.2, 0) is 36.0 Å². The summed E-state index contributed by atoms with van der Waals surface area (Å²) in [5.74, 6) is 0. The summed E-state index contributed by atoms with van der Waals surface area (Å²) >= 11 is 4.24. The molecule has 22 heteroatoms. The second-order valence-electron chi connectivity index (χ2n) is 8.53. The molecule has 0 aromatic heterocycles. The van der Waals surface area contributed by atoms with Crippen molar-refractivity contribution >= 4 is 79.1 Å². The first-order valence-electron chi connectivity index (χ1n) is 15.9. The van der Waals surface area contributed by atoms with Gasteiger partial charge in [-0.15, -0.1) is 0 Å². The van der Waals surface area contributed by atoms with E-state index in [2.05, 4.69) is 78.4 Å². The minimum atomic E-state index is -2.69. The van der Waals surface area contributed by atoms with Crippen molar-refractivity contribution in [2.75, 3.05) is 65.9 Å². The van der Waals surface area contributed by atoms with E-state index in [1.54, 1.807) is 13.8 Å². The van der Waals surface area contributed by atoms with Crippen molar-refractivity contribution < 1.29 is 55.2 Å². The number of ether oxygens (including phenoxy) is 2. The third-order valence-electron chi connectivity index (χ3n) is 5.11. The van der Waals surface area contributed by atoms with Gasteiger partial charge in [0.2, 0.25) is 0 Å². The highest BCUT2D eigenvalue weighted by molar-refractivity contribution is 15.0. The molecule has 0 spiro atoms. The van der Waals surface area contributed by atoms with Crippen LogP contribution in [0.5, 0.6) is 0 Å². The lowest BCUT2D eigenvalue weighted by Gasteiger charge is -2.28. The van der Waals surface area contributed by atoms with Gasteiger partial charge in [0, 0.05) is 102 Å². The predicted octanol–water partition coefficient (Wildman–Crippen LogP) is 6.54. The van der Waals surface area contributed by atoms with Crippen molar-refractivity contribution in [3.63, 3.8) is 0 Å². The molecule has 0 radical (unpaired) electrons. The van der Waals surface area contributed by atoms with Crippen molar-refractivity contribution in [2.45, 2.75) is 87.7 Å². The van der Waals surface area contributed by atoms with Crippen LogP contribution in [0.1, 0.15) is 75.7 Å². The van der Waals surface area contributed by atoms with Crippen LogP contribution in [0.4, 0.5) is 19.2 Å². The van der Waals surface area contributed by atoms with E-state index in [1.165, 1.54) is 0 Å². The maximum absolute atomic E-state index is 11.5. The number of hydrazine groups is 1. The fourth-order valence-electron chi connectivity index (χ4n) is 3.60. The summed E-state index contributed by atoms with van der Waals surface area (Å²) in [6.07, 6.45) is -0.359. The Morgan fingerprint density at radius 2 is 0.939 bits per heavy atom. The van der Waals surface area contributed by atoms with Gasteiger partial charge in [-0.1, -0.05) is 17.7 Å². The average molecular weight is 971 g/mol. The van der Waals surface area contributed by atoms with E-state index >= 15 is 0 Å². The SMILES string of the molecule is C.CCOC(=O)N=NC(=O)NCCC[Si](OCC)(OCC)OCC.CCOC(=O)NNC(=O)NCCC[Si](OCC)(OCC)OCC.II. The Bertz CT molecular complexity index is 839. The molecular formula is C27H60I2N6O12Si2. The molecule has 0 aliphatic heterocycles. The molecule has 49 heavy (non-hydrogen) atoms. The maximum atomic E-state index is 11.5. The first kappa shape index (κ1) is 54.5. The topological polar surface area (TPSA) is 215 Å². The van der Waals surface area contributed by atoms with Crippen LogP contribution in [0.3, 0.4) is 0 Å². The monoisotopic (exact) mass is 970 g/mol. The van der Waals surface area contributed by atoms with E-state index in [0.717, 1.165) is 0 Å². The standard InChI is InChI=1S/C13H29N3O6Si.C13H27N3O6Si.CH4.I2/c2*1-5-19-13(18)16-15-12(17)14-10-9-11-23(20-6-2,21-7-3)22-8-4;;1-2/h5-11H2,1-4H3,(H,16,18)(H2,14,15,17);5-11H2,1-4H3,(H,14,17);1H4;. The molecule has 292 valence electrons. The molecule has 0 unspecified atom stereocenters. The van der Waals surface area contributed by atoms with Gasteiger partial charge in [-0.25, -0.2) is 30.0 Å². The highest BCUT2D eigenvalue weighted by atomic mass is 128. The van der Waals surface area contributed by atoms with Gasteiger partial charge in [-0.05, 0) is 68.2 Å². The zero-order valence-electron chi connectivity index (χ0n) is 29.4. The first-order valence-corrected chi connectivity index (χ1v) is 26.0. The van der Waals surface area contributed by atoms with Crippen molar-refractivity contribution in [2.24, 2.45) is 10.2 Å². The Kier molecular flexibility index (Phi) is 42.2. The number of carbonyl (C=O) groups excluding carboxylic acids is 4. The summed E-state index contributed by atoms with van der Waals surface area (Å²) in [6, 6.07) is -0.0320. The Labute approximate surface area is 317 Å². The molecule has 0 aliphatic carbocycles. The molecule has 0 saturated heterocycles. The first-order chi connectivity index (χ1) is 23.1. The normalized spacial score (nSPS) is 10.7. The molecule has 0 aliphatic rings. The molecule has 0 aromatic carbocycles. The predicted molar refractivity (Wildman–Crippen MR) is 207 cm³/mol. The van der Waals surface area contributed by atoms with Crippen LogP contribution >= 0.6 is 37.2 Å². The van der Waals surface area contributed by atoms with Gasteiger partial charge in [0.15, 0.2) is 0 Å². The molecular weight excluding hydrogens is 910 g/mol. The number of urea groups is 2. The second kappa shape index (κ2) is 38.0. The number of halogens is 2. The van der Waals surface area contributed by atoms with Gasteiger partial charge in [0.05, 0.1) is 13.2 Å². The van der Waals surface area contributed by atoms with Crippen LogP contribution in [0.25, 0.3) is 0 Å². The smallest absolute Gasteiger partial charge is 0.449 e. The third kappa shape index (κ3) is 31.2. The Morgan fingerprint density at radius 1 is 0.551 bits per heavy atom. The lowest BCUT2D eigenvalue weighted by Crippen LogP contribution is -2.48. The van der Waals surface area contributed by atoms with Crippen molar-refractivity contribution in [3.05, 3.63) is 0 Å². The number of hydrogen-bond acceptors (Lipinski definition) is 12. The molecule has 0 fully saturated rings. The van der Waals surface area contributed by atoms with Gasteiger partial charge >= 0.3 is 41.9 Å². The molecule has 0 rings (SSSR count). The number of azo groups is 1. The summed E-state index contributed by atoms with van der Waals surface area (Å²) in [5, 5.41) is 11.5. The van der Waals surface area contributed by atoms with E-state index in [-0.39, 0.29) is 20.6 Å². The quantitative estimate of drug-likeness (QED) is 0.0300. The van der Waals surface area contributed by atoms with E-state index < -0.39 is 41.9 Å². The highest BCUT2D eigenvalue weighted by Crippen LogP contribution is 2.18. The number of amides is 6. The largest absolute Gasteiger partial charge is 0.500 e. The van der Waals surface area contributed by atoms with Gasteiger partial charge in [0.25, 0.3) is 0 Å². The Balaban J connectivity index is -0.000000386. The van der Waals surface area contributed by atoms with Crippen molar-refractivity contribution in [1.82, 2.24) is 21.5 Å². The number of nitrogens with one attached hydrogen (secondary N) is 4. The van der Waals surface area contributed by atoms with Crippen LogP contribution < -0.4 is 21.5 Å². The molecule has 0 saturated carbocycles. The fraction of sp³-hybridized carbons (Fsp3) is 0.852. The van der Waals surface area contributed by atoms with Gasteiger partial charge < -0.3 is 46.7 Å². The number of carbonyl (C=O) groups is 4. The second-order valence-corrected chi connectivity index (χ2v) is 14.0. The lowest BCUT2D eigenvalue weighted by atomic mass is 10.5. The lowest BCUT2D eigenvalue weighted by molar-refractivity contribution is 0.0700. The van der Waals surface area contributed by atoms with E-state index in [9.17, 15) is 19.2 Å². The van der Waals surface area contributed by atoms with Crippen LogP contribution in [0.15, 0.2) is 10.2 Å². The van der Waals surface area contributed by atoms with Crippen LogP contribution in [-0.4, -0.2) is 108 Å². The molecule has 0 atom stereocenters. The summed E-state index contributed by atoms with van der Waals surface area (Å²) in [7, 11) is -5.37. The minimum Gasteiger partial charge on any atom is -0.449 e. The maximum Gasteiger partial charge on any atom is 0.500 e. The van der Waals surface area contributed by atoms with Gasteiger partial charge in [-0.2, -0.15) is 0 Å². The highest BCUT2D eigenvalue weighted by Gasteiger charge is 2.40. The minimum absolute atomic E-state index is 0. The number of hydrogen-bond donors (Lipinski definition) is 4. The molecule has 0 bridgehead atoms. The average Bonchev–Trinajstić information content (AvgIpc) is 3.05. The Morgan fingerprint density at radius 3 is 1.31 bits per heavy atom. The van der Waals surface area contributed by atoms with E-state index in [1.807, 2.05) is 41.5 Å². The Hall–Kier alpha value is -1.27. The number of rotatable bonds is 22. The van der Waals surface area contributed by atoms with Crippen molar-refractivity contribution in [3.8, 4) is 0 Å². The molecule has 6 amide bonds. The zero-order chi connectivity index (χ0) is 37.1. The summed E-state index contributed by atoms with van der Waals surface area (Å²) < 4.78 is 43.4. The van der Waals surface area contributed by atoms with E-state index in [4.69, 9.17) is 26.6 Å². The summed E-state index contributed by atoms with van der Waals surface area (Å²) in [4.78, 5) is 44.8. The summed E-state index contributed by atoms with van der Waals surface area (Å²) in [6.45, 7) is 18.9. The molecule has 0 aromatic rings. The van der Waals surface area contributed by atoms with Crippen LogP contribution in [0, 0.1) is 0 Å². The fourth-order valence-corrected chi connectivity index (χ4v) is 8.83. The zero-order valence-corrected chi connectivity index (χ0v) is 35.8. The molecule has 0 heterocycles. The van der Waals surface area contributed by atoms with Gasteiger partial charge in [-0.3, -0.25) is 0 Å².